The van der Waals surface area contributed by atoms with Crippen molar-refractivity contribution in [1.82, 2.24) is 10.1 Å². The second kappa shape index (κ2) is 5.29. The van der Waals surface area contributed by atoms with Crippen molar-refractivity contribution in [2.45, 2.75) is 25.9 Å². The molecule has 6 heteroatoms. The summed E-state index contributed by atoms with van der Waals surface area (Å²) in [5, 5.41) is 15.8. The molecule has 1 unspecified atom stereocenters. The fourth-order valence-electron chi connectivity index (χ4n) is 1.98. The number of anilines is 1. The normalized spacial score (nSPS) is 21.4. The standard InChI is InChI=1S/C11H17N3O3/c1-8-5-11(17-13-8)12-10(16)7-14-4-2-3-9(15)6-14/h5,9,15H,2-4,6-7H2,1H3,(H,12,16). The molecule has 1 aromatic rings. The molecule has 0 bridgehead atoms. The third kappa shape index (κ3) is 3.54. The van der Waals surface area contributed by atoms with Crippen molar-refractivity contribution >= 4 is 11.8 Å². The number of likely N-dealkylation sites (tertiary alicyclic amines) is 1. The van der Waals surface area contributed by atoms with Crippen LogP contribution in [0, 0.1) is 6.92 Å². The van der Waals surface area contributed by atoms with Crippen LogP contribution < -0.4 is 5.32 Å². The van der Waals surface area contributed by atoms with Crippen molar-refractivity contribution in [1.29, 1.82) is 0 Å². The predicted molar refractivity (Wildman–Crippen MR) is 61.6 cm³/mol. The highest BCUT2D eigenvalue weighted by atomic mass is 16.5. The van der Waals surface area contributed by atoms with E-state index in [1.807, 2.05) is 4.90 Å². The average Bonchev–Trinajstić information content (AvgIpc) is 2.63. The van der Waals surface area contributed by atoms with Crippen LogP contribution >= 0.6 is 0 Å². The smallest absolute Gasteiger partial charge is 0.240 e. The fraction of sp³-hybridized carbons (Fsp3) is 0.636. The highest BCUT2D eigenvalue weighted by molar-refractivity contribution is 5.90. The zero-order chi connectivity index (χ0) is 12.3. The first-order valence-electron chi connectivity index (χ1n) is 5.77. The Morgan fingerprint density at radius 3 is 3.24 bits per heavy atom. The van der Waals surface area contributed by atoms with E-state index in [0.717, 1.165) is 25.1 Å². The zero-order valence-corrected chi connectivity index (χ0v) is 9.85. The highest BCUT2D eigenvalue weighted by Gasteiger charge is 2.20. The molecule has 1 aliphatic heterocycles. The molecule has 1 saturated heterocycles. The molecule has 2 N–H and O–H groups in total. The molecule has 94 valence electrons. The molecule has 6 nitrogen and oxygen atoms in total. The third-order valence-electron chi connectivity index (χ3n) is 2.74. The minimum Gasteiger partial charge on any atom is -0.392 e. The number of piperidine rings is 1. The number of carbonyl (C=O) groups is 1. The summed E-state index contributed by atoms with van der Waals surface area (Å²) in [6.07, 6.45) is 1.43. The number of amides is 1. The predicted octanol–water partition coefficient (Wildman–Crippen LogP) is 0.378. The van der Waals surface area contributed by atoms with Gasteiger partial charge in [-0.05, 0) is 26.3 Å². The molecule has 0 aromatic carbocycles. The van der Waals surface area contributed by atoms with E-state index in [0.29, 0.717) is 12.4 Å². The summed E-state index contributed by atoms with van der Waals surface area (Å²) < 4.78 is 4.90. The van der Waals surface area contributed by atoms with Crippen molar-refractivity contribution in [2.24, 2.45) is 0 Å². The Bertz CT molecular complexity index is 391. The highest BCUT2D eigenvalue weighted by Crippen LogP contribution is 2.11. The third-order valence-corrected chi connectivity index (χ3v) is 2.74. The van der Waals surface area contributed by atoms with Crippen LogP contribution in [-0.4, -0.2) is 46.8 Å². The Labute approximate surface area is 99.6 Å². The van der Waals surface area contributed by atoms with Crippen LogP contribution in [0.2, 0.25) is 0 Å². The Morgan fingerprint density at radius 1 is 1.76 bits per heavy atom. The van der Waals surface area contributed by atoms with Gasteiger partial charge in [0.05, 0.1) is 18.3 Å². The molecule has 1 aromatic heterocycles. The Balaban J connectivity index is 1.80. The second-order valence-electron chi connectivity index (χ2n) is 4.41. The van der Waals surface area contributed by atoms with E-state index in [1.165, 1.54) is 0 Å². The lowest BCUT2D eigenvalue weighted by atomic mass is 10.1. The molecule has 1 fully saturated rings. The van der Waals surface area contributed by atoms with Gasteiger partial charge in [-0.25, -0.2) is 0 Å². The Morgan fingerprint density at radius 2 is 2.59 bits per heavy atom. The number of nitrogens with zero attached hydrogens (tertiary/aromatic N) is 2. The summed E-state index contributed by atoms with van der Waals surface area (Å²) in [6.45, 7) is 3.47. The minimum atomic E-state index is -0.316. The van der Waals surface area contributed by atoms with Crippen molar-refractivity contribution in [3.63, 3.8) is 0 Å². The summed E-state index contributed by atoms with van der Waals surface area (Å²) in [5.41, 5.74) is 0.730. The number of aliphatic hydroxyl groups excluding tert-OH is 1. The van der Waals surface area contributed by atoms with Gasteiger partial charge in [0.25, 0.3) is 0 Å². The first kappa shape index (κ1) is 12.1. The van der Waals surface area contributed by atoms with Crippen LogP contribution in [0.15, 0.2) is 10.6 Å². The number of hydrogen-bond acceptors (Lipinski definition) is 5. The van der Waals surface area contributed by atoms with Crippen LogP contribution in [0.3, 0.4) is 0 Å². The van der Waals surface area contributed by atoms with Gasteiger partial charge in [0.15, 0.2) is 0 Å². The molecule has 0 saturated carbocycles. The number of carbonyl (C=O) groups excluding carboxylic acids is 1. The van der Waals surface area contributed by atoms with Crippen molar-refractivity contribution < 1.29 is 14.4 Å². The van der Waals surface area contributed by atoms with Gasteiger partial charge in [-0.3, -0.25) is 15.0 Å². The maximum atomic E-state index is 11.7. The molecule has 1 amide bonds. The molecule has 1 atom stereocenters. The first-order valence-corrected chi connectivity index (χ1v) is 5.77. The number of rotatable bonds is 3. The summed E-state index contributed by atoms with van der Waals surface area (Å²) in [5.74, 6) is 0.223. The van der Waals surface area contributed by atoms with Gasteiger partial charge in [-0.2, -0.15) is 0 Å². The van der Waals surface area contributed by atoms with Gasteiger partial charge in [0.2, 0.25) is 11.8 Å². The van der Waals surface area contributed by atoms with Gasteiger partial charge in [0, 0.05) is 12.6 Å². The number of aryl methyl sites for hydroxylation is 1. The van der Waals surface area contributed by atoms with E-state index in [4.69, 9.17) is 4.52 Å². The van der Waals surface area contributed by atoms with Gasteiger partial charge in [-0.15, -0.1) is 0 Å². The molecule has 0 radical (unpaired) electrons. The number of aliphatic hydroxyl groups is 1. The molecule has 17 heavy (non-hydrogen) atoms. The molecular formula is C11H17N3O3. The lowest BCUT2D eigenvalue weighted by molar-refractivity contribution is -0.118. The molecule has 1 aliphatic rings. The zero-order valence-electron chi connectivity index (χ0n) is 9.85. The van der Waals surface area contributed by atoms with Crippen LogP contribution in [0.1, 0.15) is 18.5 Å². The molecular weight excluding hydrogens is 222 g/mol. The summed E-state index contributed by atoms with van der Waals surface area (Å²) in [7, 11) is 0. The minimum absolute atomic E-state index is 0.143. The maximum Gasteiger partial charge on any atom is 0.240 e. The quantitative estimate of drug-likeness (QED) is 0.797. The summed E-state index contributed by atoms with van der Waals surface area (Å²) >= 11 is 0. The van der Waals surface area contributed by atoms with Crippen LogP contribution in [0.4, 0.5) is 5.88 Å². The van der Waals surface area contributed by atoms with Gasteiger partial charge in [-0.1, -0.05) is 5.16 Å². The largest absolute Gasteiger partial charge is 0.392 e. The monoisotopic (exact) mass is 239 g/mol. The number of aromatic nitrogens is 1. The molecule has 2 rings (SSSR count). The summed E-state index contributed by atoms with van der Waals surface area (Å²) in [4.78, 5) is 13.6. The van der Waals surface area contributed by atoms with Crippen LogP contribution in [-0.2, 0) is 4.79 Å². The van der Waals surface area contributed by atoms with Gasteiger partial charge in [0.1, 0.15) is 0 Å². The van der Waals surface area contributed by atoms with Crippen molar-refractivity contribution in [2.75, 3.05) is 25.0 Å². The Kier molecular flexibility index (Phi) is 3.75. The molecule has 2 heterocycles. The van der Waals surface area contributed by atoms with E-state index in [2.05, 4.69) is 10.5 Å². The first-order chi connectivity index (χ1) is 8.13. The Hall–Kier alpha value is -1.40. The lowest BCUT2D eigenvalue weighted by Crippen LogP contribution is -2.42. The van der Waals surface area contributed by atoms with Crippen LogP contribution in [0.5, 0.6) is 0 Å². The SMILES string of the molecule is Cc1cc(NC(=O)CN2CCCC(O)C2)on1. The average molecular weight is 239 g/mol. The van der Waals surface area contributed by atoms with Crippen LogP contribution in [0.25, 0.3) is 0 Å². The van der Waals surface area contributed by atoms with E-state index < -0.39 is 0 Å². The van der Waals surface area contributed by atoms with E-state index >= 15 is 0 Å². The van der Waals surface area contributed by atoms with Crippen molar-refractivity contribution in [3.05, 3.63) is 11.8 Å². The summed E-state index contributed by atoms with van der Waals surface area (Å²) in [6, 6.07) is 1.67. The molecule has 0 aliphatic carbocycles. The number of nitrogens with one attached hydrogen (secondary N) is 1. The van der Waals surface area contributed by atoms with E-state index in [1.54, 1.807) is 13.0 Å². The second-order valence-corrected chi connectivity index (χ2v) is 4.41. The van der Waals surface area contributed by atoms with Gasteiger partial charge >= 0.3 is 0 Å². The van der Waals surface area contributed by atoms with Gasteiger partial charge < -0.3 is 9.63 Å². The van der Waals surface area contributed by atoms with Crippen molar-refractivity contribution in [3.8, 4) is 0 Å². The van der Waals surface area contributed by atoms with E-state index in [-0.39, 0.29) is 18.6 Å². The maximum absolute atomic E-state index is 11.7. The fourth-order valence-corrected chi connectivity index (χ4v) is 1.98. The molecule has 0 spiro atoms. The number of hydrogen-bond donors (Lipinski definition) is 2. The van der Waals surface area contributed by atoms with E-state index in [9.17, 15) is 9.90 Å². The number of β-amino-alcohol motifs (C(OH)–C–C–N with tert-alkyl or cyclic N) is 1. The topological polar surface area (TPSA) is 78.6 Å². The lowest BCUT2D eigenvalue weighted by Gasteiger charge is -2.29.